The Morgan fingerprint density at radius 3 is 2.37 bits per heavy atom. The van der Waals surface area contributed by atoms with Crippen LogP contribution in [0.1, 0.15) is 27.8 Å². The molecule has 0 radical (unpaired) electrons. The summed E-state index contributed by atoms with van der Waals surface area (Å²) in [6.45, 7) is 2.49. The van der Waals surface area contributed by atoms with Gasteiger partial charge in [-0.1, -0.05) is 18.2 Å². The van der Waals surface area contributed by atoms with Crippen molar-refractivity contribution in [3.63, 3.8) is 0 Å². The van der Waals surface area contributed by atoms with E-state index in [1.54, 1.807) is 55.6 Å². The number of amides is 2. The van der Waals surface area contributed by atoms with Crippen LogP contribution in [0.25, 0.3) is 0 Å². The molecular formula is C20H20N4O3. The van der Waals surface area contributed by atoms with Crippen LogP contribution in [-0.2, 0) is 7.05 Å². The van der Waals surface area contributed by atoms with Gasteiger partial charge < -0.3 is 15.4 Å². The van der Waals surface area contributed by atoms with Crippen molar-refractivity contribution in [2.24, 2.45) is 7.05 Å². The van der Waals surface area contributed by atoms with Gasteiger partial charge in [0.1, 0.15) is 11.6 Å². The Bertz CT molecular complexity index is 934. The summed E-state index contributed by atoms with van der Waals surface area (Å²) >= 11 is 0. The smallest absolute Gasteiger partial charge is 0.276 e. The van der Waals surface area contributed by atoms with Gasteiger partial charge in [-0.25, -0.2) is 0 Å². The third kappa shape index (κ3) is 4.52. The summed E-state index contributed by atoms with van der Waals surface area (Å²) in [5, 5.41) is 9.69. The van der Waals surface area contributed by atoms with Gasteiger partial charge in [0, 0.05) is 24.4 Å². The van der Waals surface area contributed by atoms with Crippen molar-refractivity contribution in [1.29, 1.82) is 0 Å². The molecule has 2 aromatic carbocycles. The summed E-state index contributed by atoms with van der Waals surface area (Å²) < 4.78 is 6.83. The van der Waals surface area contributed by atoms with Gasteiger partial charge in [0.05, 0.1) is 6.61 Å². The van der Waals surface area contributed by atoms with Crippen molar-refractivity contribution in [2.45, 2.75) is 6.92 Å². The molecule has 0 bridgehead atoms. The normalized spacial score (nSPS) is 10.3. The molecule has 0 aliphatic carbocycles. The largest absolute Gasteiger partial charge is 0.494 e. The number of aryl methyl sites for hydroxylation is 1. The predicted octanol–water partition coefficient (Wildman–Crippen LogP) is 3.32. The second-order valence-electron chi connectivity index (χ2n) is 5.77. The first-order valence-electron chi connectivity index (χ1n) is 8.51. The first-order valence-corrected chi connectivity index (χ1v) is 8.51. The average molecular weight is 364 g/mol. The molecule has 0 saturated carbocycles. The summed E-state index contributed by atoms with van der Waals surface area (Å²) in [6.07, 6.45) is 0. The van der Waals surface area contributed by atoms with Gasteiger partial charge in [-0.05, 0) is 43.3 Å². The van der Waals surface area contributed by atoms with Crippen LogP contribution in [0.2, 0.25) is 0 Å². The number of rotatable bonds is 6. The van der Waals surface area contributed by atoms with E-state index in [4.69, 9.17) is 4.74 Å². The molecule has 0 fully saturated rings. The molecular weight excluding hydrogens is 344 g/mol. The molecule has 138 valence electrons. The first kappa shape index (κ1) is 18.2. The molecule has 0 aliphatic heterocycles. The Hall–Kier alpha value is -3.61. The van der Waals surface area contributed by atoms with Gasteiger partial charge in [0.15, 0.2) is 5.69 Å². The molecule has 27 heavy (non-hydrogen) atoms. The number of hydrogen-bond acceptors (Lipinski definition) is 4. The molecule has 3 rings (SSSR count). The van der Waals surface area contributed by atoms with Crippen molar-refractivity contribution in [2.75, 3.05) is 17.2 Å². The van der Waals surface area contributed by atoms with Crippen LogP contribution >= 0.6 is 0 Å². The number of nitrogens with zero attached hydrogens (tertiary/aromatic N) is 2. The number of carbonyl (C=O) groups is 2. The van der Waals surface area contributed by atoms with Crippen molar-refractivity contribution >= 4 is 23.3 Å². The Balaban J connectivity index is 1.68. The zero-order valence-electron chi connectivity index (χ0n) is 15.1. The van der Waals surface area contributed by atoms with Crippen molar-refractivity contribution in [3.05, 3.63) is 71.9 Å². The first-order chi connectivity index (χ1) is 13.1. The Kier molecular flexibility index (Phi) is 5.51. The average Bonchev–Trinajstić information content (AvgIpc) is 3.05. The molecule has 2 amide bonds. The lowest BCUT2D eigenvalue weighted by Crippen LogP contribution is -2.14. The molecule has 0 spiro atoms. The van der Waals surface area contributed by atoms with E-state index in [9.17, 15) is 9.59 Å². The van der Waals surface area contributed by atoms with Crippen LogP contribution in [0.15, 0.2) is 60.7 Å². The zero-order chi connectivity index (χ0) is 19.2. The highest BCUT2D eigenvalue weighted by atomic mass is 16.5. The maximum atomic E-state index is 12.4. The number of hydrogen-bond donors (Lipinski definition) is 2. The van der Waals surface area contributed by atoms with E-state index >= 15 is 0 Å². The lowest BCUT2D eigenvalue weighted by Gasteiger charge is -2.05. The fraction of sp³-hybridized carbons (Fsp3) is 0.150. The van der Waals surface area contributed by atoms with Gasteiger partial charge >= 0.3 is 0 Å². The van der Waals surface area contributed by atoms with E-state index in [1.807, 2.05) is 13.0 Å². The third-order valence-electron chi connectivity index (χ3n) is 3.81. The molecule has 1 aromatic heterocycles. The van der Waals surface area contributed by atoms with Crippen LogP contribution in [0.4, 0.5) is 11.5 Å². The molecule has 7 nitrogen and oxygen atoms in total. The molecule has 7 heteroatoms. The van der Waals surface area contributed by atoms with Crippen LogP contribution < -0.4 is 15.4 Å². The zero-order valence-corrected chi connectivity index (χ0v) is 15.1. The van der Waals surface area contributed by atoms with E-state index in [-0.39, 0.29) is 17.5 Å². The number of aromatic nitrogens is 2. The van der Waals surface area contributed by atoms with Gasteiger partial charge in [0.2, 0.25) is 0 Å². The fourth-order valence-electron chi connectivity index (χ4n) is 2.47. The lowest BCUT2D eigenvalue weighted by molar-refractivity contribution is 0.101. The van der Waals surface area contributed by atoms with Crippen LogP contribution in [-0.4, -0.2) is 28.2 Å². The molecule has 1 heterocycles. The quantitative estimate of drug-likeness (QED) is 0.703. The summed E-state index contributed by atoms with van der Waals surface area (Å²) in [6, 6.07) is 17.4. The van der Waals surface area contributed by atoms with E-state index < -0.39 is 0 Å². The topological polar surface area (TPSA) is 85.3 Å². The standard InChI is InChI=1S/C20H20N4O3/c1-3-27-16-11-9-15(10-12-16)21-20(26)17-13-18(24(2)23-17)22-19(25)14-7-5-4-6-8-14/h4-13H,3H2,1-2H3,(H,21,26)(H,22,25). The van der Waals surface area contributed by atoms with E-state index in [0.717, 1.165) is 5.75 Å². The maximum Gasteiger partial charge on any atom is 0.276 e. The Labute approximate surface area is 157 Å². The van der Waals surface area contributed by atoms with Crippen molar-refractivity contribution in [1.82, 2.24) is 9.78 Å². The SMILES string of the molecule is CCOc1ccc(NC(=O)c2cc(NC(=O)c3ccccc3)n(C)n2)cc1. The predicted molar refractivity (Wildman–Crippen MR) is 103 cm³/mol. The van der Waals surface area contributed by atoms with Gasteiger partial charge in [-0.15, -0.1) is 0 Å². The maximum absolute atomic E-state index is 12.4. The summed E-state index contributed by atoms with van der Waals surface area (Å²) in [7, 11) is 1.66. The van der Waals surface area contributed by atoms with E-state index in [1.165, 1.54) is 10.7 Å². The Morgan fingerprint density at radius 2 is 1.70 bits per heavy atom. The number of ether oxygens (including phenoxy) is 1. The minimum atomic E-state index is -0.366. The summed E-state index contributed by atoms with van der Waals surface area (Å²) in [5.74, 6) is 0.534. The van der Waals surface area contributed by atoms with Crippen molar-refractivity contribution in [3.8, 4) is 5.75 Å². The number of benzene rings is 2. The Morgan fingerprint density at radius 1 is 1.00 bits per heavy atom. The molecule has 2 N–H and O–H groups in total. The van der Waals surface area contributed by atoms with Gasteiger partial charge in [0.25, 0.3) is 11.8 Å². The number of nitrogens with one attached hydrogen (secondary N) is 2. The lowest BCUT2D eigenvalue weighted by atomic mass is 10.2. The number of carbonyl (C=O) groups excluding carboxylic acids is 2. The summed E-state index contributed by atoms with van der Waals surface area (Å²) in [4.78, 5) is 24.7. The highest BCUT2D eigenvalue weighted by molar-refractivity contribution is 6.06. The minimum absolute atomic E-state index is 0.203. The fourth-order valence-corrected chi connectivity index (χ4v) is 2.47. The van der Waals surface area contributed by atoms with Gasteiger partial charge in [-0.2, -0.15) is 5.10 Å². The molecule has 0 saturated heterocycles. The highest BCUT2D eigenvalue weighted by Gasteiger charge is 2.15. The summed E-state index contributed by atoms with van der Waals surface area (Å²) in [5.41, 5.74) is 1.36. The molecule has 0 unspecified atom stereocenters. The van der Waals surface area contributed by atoms with Crippen molar-refractivity contribution < 1.29 is 14.3 Å². The van der Waals surface area contributed by atoms with E-state index in [0.29, 0.717) is 23.7 Å². The van der Waals surface area contributed by atoms with Crippen LogP contribution in [0.5, 0.6) is 5.75 Å². The number of anilines is 2. The monoisotopic (exact) mass is 364 g/mol. The second kappa shape index (κ2) is 8.18. The molecule has 0 atom stereocenters. The molecule has 3 aromatic rings. The van der Waals surface area contributed by atoms with Crippen LogP contribution in [0.3, 0.4) is 0 Å². The van der Waals surface area contributed by atoms with Gasteiger partial charge in [-0.3, -0.25) is 14.3 Å². The third-order valence-corrected chi connectivity index (χ3v) is 3.81. The highest BCUT2D eigenvalue weighted by Crippen LogP contribution is 2.17. The van der Waals surface area contributed by atoms with Crippen LogP contribution in [0, 0.1) is 0 Å². The second-order valence-corrected chi connectivity index (χ2v) is 5.77. The molecule has 0 aliphatic rings. The minimum Gasteiger partial charge on any atom is -0.494 e. The van der Waals surface area contributed by atoms with E-state index in [2.05, 4.69) is 15.7 Å².